The largest absolute Gasteiger partial charge is 0.481 e. The van der Waals surface area contributed by atoms with Crippen molar-refractivity contribution >= 4 is 11.8 Å². The number of carboxylic acid groups (broad SMARTS) is 1. The molecule has 1 aromatic carbocycles. The van der Waals surface area contributed by atoms with Gasteiger partial charge in [-0.1, -0.05) is 24.3 Å². The standard InChI is InChI=1S/C14H17FO3/c1-10(16)11-6-8-12(9-7-11)13(15)4-2-3-5-14(17)18/h6-9,13H,2-5H2,1H3,(H,17,18). The smallest absolute Gasteiger partial charge is 0.303 e. The Bertz CT molecular complexity index is 412. The Labute approximate surface area is 106 Å². The van der Waals surface area contributed by atoms with E-state index in [1.807, 2.05) is 0 Å². The van der Waals surface area contributed by atoms with E-state index in [9.17, 15) is 14.0 Å². The summed E-state index contributed by atoms with van der Waals surface area (Å²) >= 11 is 0. The van der Waals surface area contributed by atoms with Crippen LogP contribution >= 0.6 is 0 Å². The molecule has 1 unspecified atom stereocenters. The van der Waals surface area contributed by atoms with Crippen LogP contribution in [0.25, 0.3) is 0 Å². The number of rotatable bonds is 7. The molecule has 1 atom stereocenters. The Hall–Kier alpha value is -1.71. The zero-order valence-electron chi connectivity index (χ0n) is 10.4. The van der Waals surface area contributed by atoms with Crippen molar-refractivity contribution in [2.45, 2.75) is 38.8 Å². The van der Waals surface area contributed by atoms with Crippen LogP contribution in [0, 0.1) is 0 Å². The summed E-state index contributed by atoms with van der Waals surface area (Å²) in [6.07, 6.45) is 0.325. The Morgan fingerprint density at radius 3 is 2.33 bits per heavy atom. The molecule has 0 aromatic heterocycles. The number of benzene rings is 1. The minimum absolute atomic E-state index is 0.0431. The highest BCUT2D eigenvalue weighted by Crippen LogP contribution is 2.24. The number of aliphatic carboxylic acids is 1. The van der Waals surface area contributed by atoms with Gasteiger partial charge in [0.1, 0.15) is 6.17 Å². The monoisotopic (exact) mass is 252 g/mol. The van der Waals surface area contributed by atoms with Gasteiger partial charge < -0.3 is 5.11 Å². The first kappa shape index (κ1) is 14.4. The first-order chi connectivity index (χ1) is 8.50. The van der Waals surface area contributed by atoms with E-state index < -0.39 is 12.1 Å². The molecule has 0 heterocycles. The fourth-order valence-electron chi connectivity index (χ4n) is 1.69. The SMILES string of the molecule is CC(=O)c1ccc(C(F)CCCCC(=O)O)cc1. The fraction of sp³-hybridized carbons (Fsp3) is 0.429. The molecule has 0 fully saturated rings. The predicted molar refractivity (Wildman–Crippen MR) is 66.4 cm³/mol. The number of carbonyl (C=O) groups excluding carboxylic acids is 1. The molecule has 0 spiro atoms. The van der Waals surface area contributed by atoms with E-state index in [2.05, 4.69) is 0 Å². The molecule has 0 aliphatic heterocycles. The molecule has 0 saturated carbocycles. The topological polar surface area (TPSA) is 54.4 Å². The van der Waals surface area contributed by atoms with Crippen LogP contribution in [0.3, 0.4) is 0 Å². The number of unbranched alkanes of at least 4 members (excludes halogenated alkanes) is 1. The van der Waals surface area contributed by atoms with Gasteiger partial charge in [-0.2, -0.15) is 0 Å². The van der Waals surface area contributed by atoms with Crippen molar-refractivity contribution in [3.63, 3.8) is 0 Å². The average Bonchev–Trinajstić information content (AvgIpc) is 2.34. The van der Waals surface area contributed by atoms with Crippen molar-refractivity contribution in [3.8, 4) is 0 Å². The maximum Gasteiger partial charge on any atom is 0.303 e. The Morgan fingerprint density at radius 1 is 1.22 bits per heavy atom. The van der Waals surface area contributed by atoms with E-state index in [0.29, 0.717) is 30.4 Å². The third-order valence-corrected chi connectivity index (χ3v) is 2.78. The summed E-state index contributed by atoms with van der Waals surface area (Å²) in [6.45, 7) is 1.47. The summed E-state index contributed by atoms with van der Waals surface area (Å²) in [6, 6.07) is 6.44. The number of hydrogen-bond donors (Lipinski definition) is 1. The van der Waals surface area contributed by atoms with Crippen molar-refractivity contribution in [2.75, 3.05) is 0 Å². The first-order valence-corrected chi connectivity index (χ1v) is 5.97. The maximum atomic E-state index is 13.8. The summed E-state index contributed by atoms with van der Waals surface area (Å²) in [5, 5.41) is 8.45. The van der Waals surface area contributed by atoms with Gasteiger partial charge in [0.15, 0.2) is 5.78 Å². The summed E-state index contributed by atoms with van der Waals surface area (Å²) in [5.41, 5.74) is 1.10. The molecule has 98 valence electrons. The van der Waals surface area contributed by atoms with Gasteiger partial charge in [-0.25, -0.2) is 4.39 Å². The second kappa shape index (κ2) is 6.89. The lowest BCUT2D eigenvalue weighted by atomic mass is 10.0. The van der Waals surface area contributed by atoms with E-state index in [1.165, 1.54) is 6.92 Å². The van der Waals surface area contributed by atoms with Crippen molar-refractivity contribution in [2.24, 2.45) is 0 Å². The van der Waals surface area contributed by atoms with Gasteiger partial charge in [-0.15, -0.1) is 0 Å². The van der Waals surface area contributed by atoms with Crippen molar-refractivity contribution in [3.05, 3.63) is 35.4 Å². The van der Waals surface area contributed by atoms with E-state index in [1.54, 1.807) is 24.3 Å². The summed E-state index contributed by atoms with van der Waals surface area (Å²) in [7, 11) is 0. The Kier molecular flexibility index (Phi) is 5.49. The van der Waals surface area contributed by atoms with Crippen LogP contribution in [0.5, 0.6) is 0 Å². The summed E-state index contributed by atoms with van der Waals surface area (Å²) in [4.78, 5) is 21.3. The number of alkyl halides is 1. The molecule has 0 aliphatic carbocycles. The zero-order valence-corrected chi connectivity index (χ0v) is 10.4. The number of carbonyl (C=O) groups is 2. The van der Waals surface area contributed by atoms with E-state index in [4.69, 9.17) is 5.11 Å². The number of hydrogen-bond acceptors (Lipinski definition) is 2. The zero-order chi connectivity index (χ0) is 13.5. The maximum absolute atomic E-state index is 13.8. The lowest BCUT2D eigenvalue weighted by Gasteiger charge is -2.08. The van der Waals surface area contributed by atoms with Gasteiger partial charge >= 0.3 is 5.97 Å². The molecule has 0 bridgehead atoms. The van der Waals surface area contributed by atoms with Gasteiger partial charge in [0.05, 0.1) is 0 Å². The van der Waals surface area contributed by atoms with E-state index in [-0.39, 0.29) is 12.2 Å². The molecule has 1 aromatic rings. The molecule has 1 rings (SSSR count). The average molecular weight is 252 g/mol. The van der Waals surface area contributed by atoms with E-state index >= 15 is 0 Å². The molecule has 0 aliphatic rings. The van der Waals surface area contributed by atoms with Gasteiger partial charge in [0.25, 0.3) is 0 Å². The molecule has 0 radical (unpaired) electrons. The van der Waals surface area contributed by atoms with Crippen molar-refractivity contribution < 1.29 is 19.1 Å². The lowest BCUT2D eigenvalue weighted by Crippen LogP contribution is -1.97. The van der Waals surface area contributed by atoms with Crippen molar-refractivity contribution in [1.29, 1.82) is 0 Å². The van der Waals surface area contributed by atoms with Gasteiger partial charge in [0.2, 0.25) is 0 Å². The number of ketones is 1. The van der Waals surface area contributed by atoms with Crippen LogP contribution in [-0.2, 0) is 4.79 Å². The second-order valence-corrected chi connectivity index (χ2v) is 4.29. The molecule has 18 heavy (non-hydrogen) atoms. The van der Waals surface area contributed by atoms with Crippen LogP contribution in [0.1, 0.15) is 54.7 Å². The molecule has 0 saturated heterocycles. The fourth-order valence-corrected chi connectivity index (χ4v) is 1.69. The molecule has 0 amide bonds. The van der Waals surface area contributed by atoms with Crippen molar-refractivity contribution in [1.82, 2.24) is 0 Å². The van der Waals surface area contributed by atoms with Gasteiger partial charge in [-0.05, 0) is 31.7 Å². The number of halogens is 1. The van der Waals surface area contributed by atoms with Crippen LogP contribution in [0.15, 0.2) is 24.3 Å². The molecule has 3 nitrogen and oxygen atoms in total. The summed E-state index contributed by atoms with van der Waals surface area (Å²) in [5.74, 6) is -0.894. The van der Waals surface area contributed by atoms with E-state index in [0.717, 1.165) is 0 Å². The molecule has 1 N–H and O–H groups in total. The normalized spacial score (nSPS) is 12.1. The Balaban J connectivity index is 2.44. The Morgan fingerprint density at radius 2 is 1.83 bits per heavy atom. The predicted octanol–water partition coefficient (Wildman–Crippen LogP) is 3.54. The number of Topliss-reactive ketones (excluding diaryl/α,β-unsaturated/α-hetero) is 1. The quantitative estimate of drug-likeness (QED) is 0.596. The van der Waals surface area contributed by atoms with Crippen LogP contribution in [0.2, 0.25) is 0 Å². The summed E-state index contributed by atoms with van der Waals surface area (Å²) < 4.78 is 13.8. The first-order valence-electron chi connectivity index (χ1n) is 5.97. The second-order valence-electron chi connectivity index (χ2n) is 4.29. The molecule has 4 heteroatoms. The highest BCUT2D eigenvalue weighted by molar-refractivity contribution is 5.94. The highest BCUT2D eigenvalue weighted by Gasteiger charge is 2.10. The van der Waals surface area contributed by atoms with Crippen LogP contribution in [0.4, 0.5) is 4.39 Å². The molecular weight excluding hydrogens is 235 g/mol. The van der Waals surface area contributed by atoms with Crippen LogP contribution < -0.4 is 0 Å². The number of carboxylic acids is 1. The van der Waals surface area contributed by atoms with Gasteiger partial charge in [-0.3, -0.25) is 9.59 Å². The highest BCUT2D eigenvalue weighted by atomic mass is 19.1. The van der Waals surface area contributed by atoms with Crippen LogP contribution in [-0.4, -0.2) is 16.9 Å². The lowest BCUT2D eigenvalue weighted by molar-refractivity contribution is -0.137. The third kappa shape index (κ3) is 4.65. The third-order valence-electron chi connectivity index (χ3n) is 2.78. The van der Waals surface area contributed by atoms with Gasteiger partial charge in [0, 0.05) is 12.0 Å². The minimum Gasteiger partial charge on any atom is -0.481 e. The minimum atomic E-state index is -1.10. The molecular formula is C14H17FO3.